The minimum atomic E-state index is 0.596. The average molecular weight is 353 g/mol. The molecule has 3 heterocycles. The van der Waals surface area contributed by atoms with E-state index in [-0.39, 0.29) is 0 Å². The molecule has 3 aliphatic rings. The number of aryl methyl sites for hydroxylation is 1. The summed E-state index contributed by atoms with van der Waals surface area (Å²) in [7, 11) is 0. The topological polar surface area (TPSA) is 58.3 Å². The highest BCUT2D eigenvalue weighted by Crippen LogP contribution is 2.42. The summed E-state index contributed by atoms with van der Waals surface area (Å²) in [6.45, 7) is 5.30. The second-order valence-electron chi connectivity index (χ2n) is 8.15. The number of aromatic nitrogens is 3. The van der Waals surface area contributed by atoms with Crippen molar-refractivity contribution in [3.8, 4) is 0 Å². The van der Waals surface area contributed by atoms with Crippen LogP contribution in [0.4, 0.5) is 5.82 Å². The summed E-state index contributed by atoms with van der Waals surface area (Å²) in [4.78, 5) is 14.0. The Morgan fingerprint density at radius 3 is 2.54 bits per heavy atom. The summed E-state index contributed by atoms with van der Waals surface area (Å²) in [6, 6.07) is 3.42. The first-order valence-electron chi connectivity index (χ1n) is 10.0. The summed E-state index contributed by atoms with van der Waals surface area (Å²) >= 11 is 0. The predicted molar refractivity (Wildman–Crippen MR) is 99.0 cm³/mol. The highest BCUT2D eigenvalue weighted by molar-refractivity contribution is 5.43. The molecule has 1 aliphatic heterocycles. The van der Waals surface area contributed by atoms with Crippen LogP contribution in [-0.2, 0) is 6.54 Å². The van der Waals surface area contributed by atoms with Gasteiger partial charge < -0.3 is 9.42 Å². The number of hydrogen-bond donors (Lipinski definition) is 0. The van der Waals surface area contributed by atoms with Crippen molar-refractivity contribution >= 4 is 5.82 Å². The molecule has 3 fully saturated rings. The highest BCUT2D eigenvalue weighted by atomic mass is 16.5. The Kier molecular flexibility index (Phi) is 4.15. The molecule has 6 nitrogen and oxygen atoms in total. The fraction of sp³-hybridized carbons (Fsp3) is 0.650. The van der Waals surface area contributed by atoms with Crippen LogP contribution in [0.2, 0.25) is 0 Å². The van der Waals surface area contributed by atoms with Gasteiger partial charge in [0.1, 0.15) is 17.9 Å². The molecule has 0 radical (unpaired) electrons. The number of piperidine rings is 1. The second kappa shape index (κ2) is 6.65. The molecule has 0 amide bonds. The van der Waals surface area contributed by atoms with E-state index in [1.54, 1.807) is 6.33 Å². The van der Waals surface area contributed by atoms with Crippen molar-refractivity contribution in [3.05, 3.63) is 35.6 Å². The smallest absolute Gasteiger partial charge is 0.144 e. The van der Waals surface area contributed by atoms with Gasteiger partial charge >= 0.3 is 0 Å². The first kappa shape index (κ1) is 16.2. The molecule has 2 saturated carbocycles. The lowest BCUT2D eigenvalue weighted by Gasteiger charge is -2.39. The standard InChI is InChI=1S/C20H27N5O/c1-14-10-19(22-13-21-14)25(17-4-5-17)18-6-8-24(9-7-18)12-16-11-23-26-20(16)15-2-3-15/h10-11,13,15,17-18H,2-9,12H2,1H3. The summed E-state index contributed by atoms with van der Waals surface area (Å²) < 4.78 is 5.50. The van der Waals surface area contributed by atoms with E-state index in [9.17, 15) is 0 Å². The van der Waals surface area contributed by atoms with Crippen LogP contribution in [0.25, 0.3) is 0 Å². The Labute approximate surface area is 154 Å². The average Bonchev–Trinajstić information content (AvgIpc) is 3.57. The van der Waals surface area contributed by atoms with Crippen LogP contribution < -0.4 is 4.90 Å². The lowest BCUT2D eigenvalue weighted by atomic mass is 10.0. The third kappa shape index (κ3) is 3.34. The molecule has 5 rings (SSSR count). The maximum absolute atomic E-state index is 5.50. The lowest BCUT2D eigenvalue weighted by molar-refractivity contribution is 0.199. The first-order valence-corrected chi connectivity index (χ1v) is 10.0. The molecule has 0 aromatic carbocycles. The predicted octanol–water partition coefficient (Wildman–Crippen LogP) is 3.28. The fourth-order valence-electron chi connectivity index (χ4n) is 4.27. The maximum Gasteiger partial charge on any atom is 0.144 e. The molecule has 0 N–H and O–H groups in total. The third-order valence-corrected chi connectivity index (χ3v) is 5.96. The van der Waals surface area contributed by atoms with E-state index in [2.05, 4.69) is 37.9 Å². The van der Waals surface area contributed by atoms with E-state index >= 15 is 0 Å². The number of hydrogen-bond acceptors (Lipinski definition) is 6. The van der Waals surface area contributed by atoms with E-state index in [1.807, 2.05) is 6.20 Å². The molecule has 26 heavy (non-hydrogen) atoms. The van der Waals surface area contributed by atoms with Crippen LogP contribution in [0.1, 0.15) is 61.5 Å². The minimum Gasteiger partial charge on any atom is -0.361 e. The Balaban J connectivity index is 1.23. The maximum atomic E-state index is 5.50. The summed E-state index contributed by atoms with van der Waals surface area (Å²) in [5.74, 6) is 2.90. The molecule has 2 aromatic heterocycles. The zero-order valence-corrected chi connectivity index (χ0v) is 15.5. The lowest BCUT2D eigenvalue weighted by Crippen LogP contribution is -2.46. The van der Waals surface area contributed by atoms with Gasteiger partial charge in [-0.1, -0.05) is 5.16 Å². The molecule has 0 bridgehead atoms. The monoisotopic (exact) mass is 353 g/mol. The van der Waals surface area contributed by atoms with Crippen LogP contribution in [0.15, 0.2) is 23.1 Å². The van der Waals surface area contributed by atoms with Gasteiger partial charge in [-0.25, -0.2) is 9.97 Å². The molecule has 2 aromatic rings. The van der Waals surface area contributed by atoms with Crippen molar-refractivity contribution in [2.45, 2.75) is 70.0 Å². The van der Waals surface area contributed by atoms with Crippen molar-refractivity contribution in [1.82, 2.24) is 20.0 Å². The number of likely N-dealkylation sites (tertiary alicyclic amines) is 1. The van der Waals surface area contributed by atoms with E-state index in [1.165, 1.54) is 44.1 Å². The third-order valence-electron chi connectivity index (χ3n) is 5.96. The molecule has 0 unspecified atom stereocenters. The van der Waals surface area contributed by atoms with Gasteiger partial charge in [-0.2, -0.15) is 0 Å². The quantitative estimate of drug-likeness (QED) is 0.794. The molecule has 0 spiro atoms. The largest absolute Gasteiger partial charge is 0.361 e. The van der Waals surface area contributed by atoms with E-state index in [4.69, 9.17) is 4.52 Å². The molecular formula is C20H27N5O. The highest BCUT2D eigenvalue weighted by Gasteiger charge is 2.37. The number of anilines is 1. The minimum absolute atomic E-state index is 0.596. The van der Waals surface area contributed by atoms with Gasteiger partial charge in [-0.15, -0.1) is 0 Å². The Bertz CT molecular complexity index is 759. The zero-order chi connectivity index (χ0) is 17.5. The zero-order valence-electron chi connectivity index (χ0n) is 15.5. The second-order valence-corrected chi connectivity index (χ2v) is 8.15. The molecule has 138 valence electrons. The Hall–Kier alpha value is -1.95. The molecule has 6 heteroatoms. The van der Waals surface area contributed by atoms with Gasteiger partial charge in [0.15, 0.2) is 0 Å². The van der Waals surface area contributed by atoms with Crippen molar-refractivity contribution < 1.29 is 4.52 Å². The van der Waals surface area contributed by atoms with Gasteiger partial charge in [0.25, 0.3) is 0 Å². The number of nitrogens with zero attached hydrogens (tertiary/aromatic N) is 5. The Morgan fingerprint density at radius 1 is 1.08 bits per heavy atom. The van der Waals surface area contributed by atoms with E-state index in [0.29, 0.717) is 18.0 Å². The van der Waals surface area contributed by atoms with Crippen LogP contribution >= 0.6 is 0 Å². The van der Waals surface area contributed by atoms with Gasteiger partial charge in [-0.05, 0) is 45.4 Å². The van der Waals surface area contributed by atoms with Crippen molar-refractivity contribution in [1.29, 1.82) is 0 Å². The van der Waals surface area contributed by atoms with Gasteiger partial charge in [0, 0.05) is 55.0 Å². The summed E-state index contributed by atoms with van der Waals surface area (Å²) in [5, 5.41) is 4.05. The van der Waals surface area contributed by atoms with Crippen molar-refractivity contribution in [3.63, 3.8) is 0 Å². The van der Waals surface area contributed by atoms with Gasteiger partial charge in [0.05, 0.1) is 6.20 Å². The first-order chi connectivity index (χ1) is 12.8. The van der Waals surface area contributed by atoms with Crippen molar-refractivity contribution in [2.75, 3.05) is 18.0 Å². The van der Waals surface area contributed by atoms with Crippen LogP contribution in [0.3, 0.4) is 0 Å². The Morgan fingerprint density at radius 2 is 1.85 bits per heavy atom. The number of rotatable bonds is 6. The molecule has 2 aliphatic carbocycles. The fourth-order valence-corrected chi connectivity index (χ4v) is 4.27. The molecule has 0 atom stereocenters. The van der Waals surface area contributed by atoms with Gasteiger partial charge in [0.2, 0.25) is 0 Å². The van der Waals surface area contributed by atoms with Crippen molar-refractivity contribution in [2.24, 2.45) is 0 Å². The van der Waals surface area contributed by atoms with Gasteiger partial charge in [-0.3, -0.25) is 4.90 Å². The van der Waals surface area contributed by atoms with E-state index < -0.39 is 0 Å². The van der Waals surface area contributed by atoms with Crippen LogP contribution in [0.5, 0.6) is 0 Å². The molecule has 1 saturated heterocycles. The normalized spacial score (nSPS) is 21.9. The summed E-state index contributed by atoms with van der Waals surface area (Å²) in [6.07, 6.45) is 11.2. The van der Waals surface area contributed by atoms with Crippen LogP contribution in [0, 0.1) is 6.92 Å². The molecular weight excluding hydrogens is 326 g/mol. The SMILES string of the molecule is Cc1cc(N(C2CC2)C2CCN(Cc3cnoc3C3CC3)CC2)ncn1. The van der Waals surface area contributed by atoms with E-state index in [0.717, 1.165) is 36.9 Å². The summed E-state index contributed by atoms with van der Waals surface area (Å²) in [5.41, 5.74) is 2.36. The van der Waals surface area contributed by atoms with Crippen LogP contribution in [-0.4, -0.2) is 45.2 Å².